The lowest BCUT2D eigenvalue weighted by Gasteiger charge is -2.47. The second-order valence-corrected chi connectivity index (χ2v) is 6.99. The van der Waals surface area contributed by atoms with Gasteiger partial charge in [0.1, 0.15) is 11.7 Å². The molecule has 4 heteroatoms. The van der Waals surface area contributed by atoms with Crippen molar-refractivity contribution < 1.29 is 20.1 Å². The zero-order valence-electron chi connectivity index (χ0n) is 11.8. The van der Waals surface area contributed by atoms with Crippen LogP contribution in [0.15, 0.2) is 12.2 Å². The zero-order chi connectivity index (χ0) is 14.2. The minimum absolute atomic E-state index is 0.0379. The Kier molecular flexibility index (Phi) is 2.72. The number of rotatable bonds is 1. The lowest BCUT2D eigenvalue weighted by atomic mass is 9.58. The highest BCUT2D eigenvalue weighted by Crippen LogP contribution is 2.64. The standard InChI is InChI=1S/C15H24O4/c1-7(2)9-5-10(16)8(3)15(9)6-11(17)14(4)13(19-14)12(15)18/h8-13,16-18H,1,5-6H2,2-4H3. The van der Waals surface area contributed by atoms with E-state index in [9.17, 15) is 15.3 Å². The van der Waals surface area contributed by atoms with Crippen LogP contribution >= 0.6 is 0 Å². The van der Waals surface area contributed by atoms with Crippen molar-refractivity contribution in [2.24, 2.45) is 17.3 Å². The van der Waals surface area contributed by atoms with E-state index in [0.717, 1.165) is 5.57 Å². The molecule has 2 aliphatic carbocycles. The van der Waals surface area contributed by atoms with Crippen LogP contribution in [-0.2, 0) is 4.74 Å². The Hall–Kier alpha value is -0.420. The van der Waals surface area contributed by atoms with Crippen LogP contribution in [-0.4, -0.2) is 45.3 Å². The van der Waals surface area contributed by atoms with Gasteiger partial charge in [-0.25, -0.2) is 0 Å². The van der Waals surface area contributed by atoms with Gasteiger partial charge in [0.05, 0.1) is 18.3 Å². The molecule has 3 fully saturated rings. The number of ether oxygens (including phenoxy) is 1. The second kappa shape index (κ2) is 3.82. The fourth-order valence-corrected chi connectivity index (χ4v) is 4.63. The SMILES string of the molecule is C=C(C)C1CC(O)C(C)C12CC(O)C1(C)OC1C2O. The number of hydrogen-bond donors (Lipinski definition) is 3. The fourth-order valence-electron chi connectivity index (χ4n) is 4.63. The van der Waals surface area contributed by atoms with Crippen molar-refractivity contribution in [2.75, 3.05) is 0 Å². The van der Waals surface area contributed by atoms with E-state index in [1.807, 2.05) is 20.8 Å². The van der Waals surface area contributed by atoms with Crippen molar-refractivity contribution >= 4 is 0 Å². The number of hydrogen-bond acceptors (Lipinski definition) is 4. The molecule has 0 amide bonds. The van der Waals surface area contributed by atoms with Gasteiger partial charge in [0.2, 0.25) is 0 Å². The number of fused-ring (bicyclic) bond motifs is 1. The van der Waals surface area contributed by atoms with E-state index in [4.69, 9.17) is 4.74 Å². The van der Waals surface area contributed by atoms with E-state index in [0.29, 0.717) is 12.8 Å². The summed E-state index contributed by atoms with van der Waals surface area (Å²) in [5.41, 5.74) is -0.137. The second-order valence-electron chi connectivity index (χ2n) is 6.99. The van der Waals surface area contributed by atoms with E-state index >= 15 is 0 Å². The molecule has 1 spiro atoms. The Balaban J connectivity index is 2.02. The molecule has 0 aromatic heterocycles. The Morgan fingerprint density at radius 1 is 1.32 bits per heavy atom. The average Bonchev–Trinajstić information content (AvgIpc) is 2.98. The zero-order valence-corrected chi connectivity index (χ0v) is 11.8. The van der Waals surface area contributed by atoms with Gasteiger partial charge in [-0.05, 0) is 38.5 Å². The number of allylic oxidation sites excluding steroid dienone is 1. The van der Waals surface area contributed by atoms with Crippen LogP contribution in [0, 0.1) is 17.3 Å². The summed E-state index contributed by atoms with van der Waals surface area (Å²) in [5.74, 6) is -0.0245. The molecular formula is C15H24O4. The van der Waals surface area contributed by atoms with Gasteiger partial charge >= 0.3 is 0 Å². The van der Waals surface area contributed by atoms with Crippen LogP contribution in [0.5, 0.6) is 0 Å². The van der Waals surface area contributed by atoms with Crippen LogP contribution < -0.4 is 0 Å². The third kappa shape index (κ3) is 1.49. The van der Waals surface area contributed by atoms with Gasteiger partial charge in [-0.3, -0.25) is 0 Å². The molecule has 4 nitrogen and oxygen atoms in total. The first-order chi connectivity index (χ1) is 8.75. The highest BCUT2D eigenvalue weighted by molar-refractivity contribution is 5.25. The average molecular weight is 268 g/mol. The number of aliphatic hydroxyl groups is 3. The lowest BCUT2D eigenvalue weighted by Crippen LogP contribution is -2.56. The van der Waals surface area contributed by atoms with Crippen molar-refractivity contribution in [3.8, 4) is 0 Å². The summed E-state index contributed by atoms with van der Waals surface area (Å²) < 4.78 is 5.58. The monoisotopic (exact) mass is 268 g/mol. The molecule has 1 saturated heterocycles. The molecule has 0 bridgehead atoms. The molecule has 0 aromatic rings. The summed E-state index contributed by atoms with van der Waals surface area (Å²) in [4.78, 5) is 0. The molecule has 3 rings (SSSR count). The Morgan fingerprint density at radius 3 is 2.53 bits per heavy atom. The summed E-state index contributed by atoms with van der Waals surface area (Å²) in [6, 6.07) is 0. The molecule has 1 heterocycles. The molecule has 8 unspecified atom stereocenters. The highest BCUT2D eigenvalue weighted by Gasteiger charge is 2.73. The summed E-state index contributed by atoms with van der Waals surface area (Å²) >= 11 is 0. The van der Waals surface area contributed by atoms with Gasteiger partial charge in [0, 0.05) is 5.41 Å². The van der Waals surface area contributed by atoms with Crippen molar-refractivity contribution in [3.05, 3.63) is 12.2 Å². The van der Waals surface area contributed by atoms with Crippen molar-refractivity contribution in [1.82, 2.24) is 0 Å². The molecule has 108 valence electrons. The van der Waals surface area contributed by atoms with Gasteiger partial charge < -0.3 is 20.1 Å². The third-order valence-corrected chi connectivity index (χ3v) is 6.08. The van der Waals surface area contributed by atoms with Crippen molar-refractivity contribution in [1.29, 1.82) is 0 Å². The maximum Gasteiger partial charge on any atom is 0.120 e. The van der Waals surface area contributed by atoms with Crippen LogP contribution in [0.4, 0.5) is 0 Å². The summed E-state index contributed by atoms with van der Waals surface area (Å²) in [5, 5.41) is 31.4. The van der Waals surface area contributed by atoms with Crippen LogP contribution in [0.3, 0.4) is 0 Å². The lowest BCUT2D eigenvalue weighted by molar-refractivity contribution is -0.0976. The molecule has 3 aliphatic rings. The largest absolute Gasteiger partial charge is 0.393 e. The van der Waals surface area contributed by atoms with Crippen molar-refractivity contribution in [3.63, 3.8) is 0 Å². The smallest absolute Gasteiger partial charge is 0.120 e. The first-order valence-corrected chi connectivity index (χ1v) is 7.12. The van der Waals surface area contributed by atoms with Gasteiger partial charge in [-0.2, -0.15) is 0 Å². The normalized spacial score (nSPS) is 60.1. The summed E-state index contributed by atoms with van der Waals surface area (Å²) in [6.45, 7) is 9.79. The first kappa shape index (κ1) is 13.6. The molecule has 3 N–H and O–H groups in total. The van der Waals surface area contributed by atoms with Crippen LogP contribution in [0.2, 0.25) is 0 Å². The van der Waals surface area contributed by atoms with Crippen molar-refractivity contribution in [2.45, 2.75) is 63.6 Å². The van der Waals surface area contributed by atoms with E-state index in [1.54, 1.807) is 0 Å². The Labute approximate surface area is 114 Å². The minimum atomic E-state index is -0.644. The Morgan fingerprint density at radius 2 is 1.95 bits per heavy atom. The van der Waals surface area contributed by atoms with E-state index < -0.39 is 29.3 Å². The van der Waals surface area contributed by atoms with Gasteiger partial charge in [0.15, 0.2) is 0 Å². The summed E-state index contributed by atoms with van der Waals surface area (Å²) in [7, 11) is 0. The van der Waals surface area contributed by atoms with Crippen LogP contribution in [0.1, 0.15) is 33.6 Å². The molecule has 1 aliphatic heterocycles. The molecule has 19 heavy (non-hydrogen) atoms. The molecular weight excluding hydrogens is 244 g/mol. The first-order valence-electron chi connectivity index (χ1n) is 7.12. The molecule has 8 atom stereocenters. The fraction of sp³-hybridized carbons (Fsp3) is 0.867. The summed E-state index contributed by atoms with van der Waals surface area (Å²) in [6.07, 6.45) is -0.913. The van der Waals surface area contributed by atoms with Crippen LogP contribution in [0.25, 0.3) is 0 Å². The van der Waals surface area contributed by atoms with E-state index in [1.165, 1.54) is 0 Å². The third-order valence-electron chi connectivity index (χ3n) is 6.08. The quantitative estimate of drug-likeness (QED) is 0.487. The predicted molar refractivity (Wildman–Crippen MR) is 70.4 cm³/mol. The number of aliphatic hydroxyl groups excluding tert-OH is 3. The molecule has 0 aromatic carbocycles. The van der Waals surface area contributed by atoms with E-state index in [-0.39, 0.29) is 17.9 Å². The predicted octanol–water partition coefficient (Wildman–Crippen LogP) is 0.849. The maximum absolute atomic E-state index is 10.8. The van der Waals surface area contributed by atoms with E-state index in [2.05, 4.69) is 6.58 Å². The molecule has 0 radical (unpaired) electrons. The molecule has 2 saturated carbocycles. The highest BCUT2D eigenvalue weighted by atomic mass is 16.6. The Bertz CT molecular complexity index is 422. The van der Waals surface area contributed by atoms with Gasteiger partial charge in [-0.15, -0.1) is 0 Å². The minimum Gasteiger partial charge on any atom is -0.393 e. The number of epoxide rings is 1. The van der Waals surface area contributed by atoms with Gasteiger partial charge in [-0.1, -0.05) is 19.1 Å². The maximum atomic E-state index is 10.8. The van der Waals surface area contributed by atoms with Gasteiger partial charge in [0.25, 0.3) is 0 Å². The topological polar surface area (TPSA) is 73.2 Å².